The average Bonchev–Trinajstić information content (AvgIpc) is 2.29. The Morgan fingerprint density at radius 1 is 1.00 bits per heavy atom. The first-order valence-electron chi connectivity index (χ1n) is 3.60. The van der Waals surface area contributed by atoms with Crippen LogP contribution in [0.4, 0.5) is 0 Å². The summed E-state index contributed by atoms with van der Waals surface area (Å²) < 4.78 is 0. The third kappa shape index (κ3) is 0.540. The lowest BCUT2D eigenvalue weighted by molar-refractivity contribution is 0.576. The molecule has 2 rings (SSSR count). The number of rotatable bonds is 0. The lowest BCUT2D eigenvalue weighted by Gasteiger charge is -2.11. The van der Waals surface area contributed by atoms with Crippen molar-refractivity contribution < 1.29 is 0 Å². The van der Waals surface area contributed by atoms with E-state index in [1.807, 2.05) is 0 Å². The third-order valence-electron chi connectivity index (χ3n) is 2.82. The van der Waals surface area contributed by atoms with Gasteiger partial charge in [0.15, 0.2) is 0 Å². The normalized spacial score (nSPS) is 57.4. The van der Waals surface area contributed by atoms with Crippen molar-refractivity contribution in [1.29, 1.82) is 0 Å². The van der Waals surface area contributed by atoms with E-state index >= 15 is 0 Å². The zero-order valence-electron chi connectivity index (χ0n) is 5.43. The summed E-state index contributed by atoms with van der Waals surface area (Å²) in [4.78, 5) is 0. The summed E-state index contributed by atoms with van der Waals surface area (Å²) in [6.45, 7) is 0. The number of hydrogen-bond donors (Lipinski definition) is 1. The van der Waals surface area contributed by atoms with Crippen molar-refractivity contribution in [2.45, 2.75) is 36.2 Å². The molecular formula is C7H14S. The molecule has 2 fully saturated rings. The monoisotopic (exact) mass is 130 g/mol. The van der Waals surface area contributed by atoms with Gasteiger partial charge in [-0.3, -0.25) is 10.9 Å². The lowest BCUT2D eigenvalue weighted by atomic mass is 10.0. The van der Waals surface area contributed by atoms with Crippen LogP contribution in [-0.2, 0) is 0 Å². The summed E-state index contributed by atoms with van der Waals surface area (Å²) in [6, 6.07) is 0. The molecule has 0 saturated carbocycles. The zero-order chi connectivity index (χ0) is 5.56. The molecule has 0 aliphatic carbocycles. The van der Waals surface area contributed by atoms with Gasteiger partial charge in [0, 0.05) is 0 Å². The SMILES string of the molecule is C[SH]1C2CCC1CC2. The van der Waals surface area contributed by atoms with Crippen LogP contribution in [0.25, 0.3) is 0 Å². The van der Waals surface area contributed by atoms with Gasteiger partial charge in [-0.25, -0.2) is 0 Å². The van der Waals surface area contributed by atoms with E-state index in [4.69, 9.17) is 0 Å². The fourth-order valence-corrected chi connectivity index (χ4v) is 4.99. The van der Waals surface area contributed by atoms with E-state index in [1.165, 1.54) is 10.5 Å². The average molecular weight is 130 g/mol. The molecule has 1 heteroatoms. The minimum absolute atomic E-state index is 0.524. The molecule has 0 N–H and O–H groups in total. The molecule has 0 aromatic heterocycles. The smallest absolute Gasteiger partial charge is 0.0136 e. The van der Waals surface area contributed by atoms with Crippen LogP contribution in [0.3, 0.4) is 0 Å². The molecule has 8 heavy (non-hydrogen) atoms. The quantitative estimate of drug-likeness (QED) is 0.476. The standard InChI is InChI=1S/C7H14S/c1-8-6-2-3-7(8)5-4-6/h6-8H,2-5H2,1H3. The minimum atomic E-state index is 0.524. The van der Waals surface area contributed by atoms with Gasteiger partial charge in [0.1, 0.15) is 0 Å². The Bertz CT molecular complexity index is 80.6. The van der Waals surface area contributed by atoms with E-state index in [0.29, 0.717) is 10.9 Å². The molecule has 0 unspecified atom stereocenters. The van der Waals surface area contributed by atoms with Crippen molar-refractivity contribution in [3.63, 3.8) is 0 Å². The van der Waals surface area contributed by atoms with E-state index in [0.717, 1.165) is 0 Å². The Kier molecular flexibility index (Phi) is 1.07. The van der Waals surface area contributed by atoms with E-state index in [2.05, 4.69) is 6.26 Å². The van der Waals surface area contributed by atoms with E-state index in [-0.39, 0.29) is 0 Å². The predicted octanol–water partition coefficient (Wildman–Crippen LogP) is 1.94. The highest BCUT2D eigenvalue weighted by molar-refractivity contribution is 8.17. The second kappa shape index (κ2) is 1.66. The first kappa shape index (κ1) is 5.16. The molecule has 0 radical (unpaired) electrons. The van der Waals surface area contributed by atoms with Crippen LogP contribution in [0.5, 0.6) is 0 Å². The molecule has 2 saturated heterocycles. The van der Waals surface area contributed by atoms with Crippen molar-refractivity contribution in [2.75, 3.05) is 6.26 Å². The van der Waals surface area contributed by atoms with Crippen molar-refractivity contribution in [3.8, 4) is 0 Å². The molecule has 2 heterocycles. The van der Waals surface area contributed by atoms with Gasteiger partial charge in [0.2, 0.25) is 0 Å². The summed E-state index contributed by atoms with van der Waals surface area (Å²) in [5.74, 6) is 0. The maximum absolute atomic E-state index is 2.50. The third-order valence-corrected chi connectivity index (χ3v) is 6.15. The Hall–Kier alpha value is 0.350. The van der Waals surface area contributed by atoms with Crippen LogP contribution in [-0.4, -0.2) is 16.8 Å². The zero-order valence-corrected chi connectivity index (χ0v) is 6.32. The Balaban J connectivity index is 2.16. The molecule has 0 aromatic carbocycles. The van der Waals surface area contributed by atoms with Crippen LogP contribution in [0.15, 0.2) is 0 Å². The van der Waals surface area contributed by atoms with E-state index < -0.39 is 0 Å². The molecule has 2 aliphatic rings. The Morgan fingerprint density at radius 2 is 1.38 bits per heavy atom. The molecular weight excluding hydrogens is 116 g/mol. The van der Waals surface area contributed by atoms with Gasteiger partial charge in [-0.15, -0.1) is 0 Å². The van der Waals surface area contributed by atoms with Crippen molar-refractivity contribution in [3.05, 3.63) is 0 Å². The van der Waals surface area contributed by atoms with Gasteiger partial charge < -0.3 is 0 Å². The highest BCUT2D eigenvalue weighted by Gasteiger charge is 2.35. The van der Waals surface area contributed by atoms with Crippen LogP contribution in [0, 0.1) is 0 Å². The maximum atomic E-state index is 2.50. The topological polar surface area (TPSA) is 0 Å². The predicted molar refractivity (Wildman–Crippen MR) is 41.0 cm³/mol. The number of thiol groups is 1. The van der Waals surface area contributed by atoms with Gasteiger partial charge in [0.25, 0.3) is 0 Å². The Morgan fingerprint density at radius 3 is 1.50 bits per heavy atom. The number of hydrogen-bond acceptors (Lipinski definition) is 0. The fourth-order valence-electron chi connectivity index (χ4n) is 2.17. The van der Waals surface area contributed by atoms with Gasteiger partial charge in [-0.05, 0) is 42.4 Å². The van der Waals surface area contributed by atoms with Crippen LogP contribution < -0.4 is 0 Å². The Labute approximate surface area is 54.0 Å². The van der Waals surface area contributed by atoms with E-state index in [1.54, 1.807) is 25.7 Å². The van der Waals surface area contributed by atoms with Gasteiger partial charge in [0.05, 0.1) is 0 Å². The highest BCUT2D eigenvalue weighted by atomic mass is 32.2. The lowest BCUT2D eigenvalue weighted by Crippen LogP contribution is -1.98. The molecule has 0 atom stereocenters. The minimum Gasteiger partial charge on any atom is -0.251 e. The first-order chi connectivity index (χ1) is 3.88. The molecule has 0 nitrogen and oxygen atoms in total. The van der Waals surface area contributed by atoms with E-state index in [9.17, 15) is 0 Å². The summed E-state index contributed by atoms with van der Waals surface area (Å²) in [7, 11) is 0.524. The van der Waals surface area contributed by atoms with Gasteiger partial charge >= 0.3 is 0 Å². The van der Waals surface area contributed by atoms with Gasteiger partial charge in [-0.2, -0.15) is 0 Å². The fraction of sp³-hybridized carbons (Fsp3) is 1.00. The van der Waals surface area contributed by atoms with Crippen molar-refractivity contribution in [2.24, 2.45) is 0 Å². The second-order valence-corrected chi connectivity index (χ2v) is 5.92. The summed E-state index contributed by atoms with van der Waals surface area (Å²) in [5, 5.41) is 2.41. The molecule has 0 aromatic rings. The van der Waals surface area contributed by atoms with Crippen LogP contribution in [0.2, 0.25) is 0 Å². The molecule has 0 amide bonds. The molecule has 0 spiro atoms. The van der Waals surface area contributed by atoms with Crippen molar-refractivity contribution in [1.82, 2.24) is 0 Å². The van der Waals surface area contributed by atoms with Crippen LogP contribution >= 0.6 is 10.9 Å². The largest absolute Gasteiger partial charge is 0.251 e. The second-order valence-electron chi connectivity index (χ2n) is 3.13. The summed E-state index contributed by atoms with van der Waals surface area (Å²) >= 11 is 0. The highest BCUT2D eigenvalue weighted by Crippen LogP contribution is 2.54. The van der Waals surface area contributed by atoms with Crippen LogP contribution in [0.1, 0.15) is 25.7 Å². The molecule has 2 bridgehead atoms. The maximum Gasteiger partial charge on any atom is -0.0136 e. The molecule has 48 valence electrons. The van der Waals surface area contributed by atoms with Gasteiger partial charge in [-0.1, -0.05) is 0 Å². The summed E-state index contributed by atoms with van der Waals surface area (Å²) in [6.07, 6.45) is 8.81. The first-order valence-corrected chi connectivity index (χ1v) is 5.52. The van der Waals surface area contributed by atoms with Crippen molar-refractivity contribution >= 4 is 10.9 Å². The molecule has 2 aliphatic heterocycles. The number of fused-ring (bicyclic) bond motifs is 2. The summed E-state index contributed by atoms with van der Waals surface area (Å²) in [5.41, 5.74) is 0.